The van der Waals surface area contributed by atoms with Gasteiger partial charge in [0.25, 0.3) is 0 Å². The molecule has 0 saturated heterocycles. The number of nitrogens with zero attached hydrogens (tertiary/aromatic N) is 2. The second-order valence-electron chi connectivity index (χ2n) is 4.51. The second kappa shape index (κ2) is 5.96. The van der Waals surface area contributed by atoms with Crippen LogP contribution in [0.15, 0.2) is 30.3 Å². The van der Waals surface area contributed by atoms with Gasteiger partial charge in [0.15, 0.2) is 0 Å². The molecule has 0 radical (unpaired) electrons. The lowest BCUT2D eigenvalue weighted by Crippen LogP contribution is -2.01. The first-order valence-electron chi connectivity index (χ1n) is 6.25. The van der Waals surface area contributed by atoms with Gasteiger partial charge in [-0.05, 0) is 25.0 Å². The molecule has 18 heavy (non-hydrogen) atoms. The molecule has 94 valence electrons. The number of hydrogen-bond acceptors (Lipinski definition) is 2. The third-order valence-corrected chi connectivity index (χ3v) is 2.98. The maximum absolute atomic E-state index is 6.03. The monoisotopic (exact) mass is 260 g/mol. The summed E-state index contributed by atoms with van der Waals surface area (Å²) in [5.41, 5.74) is 3.50. The maximum atomic E-state index is 6.03. The molecule has 0 aliphatic heterocycles. The summed E-state index contributed by atoms with van der Waals surface area (Å²) in [6.07, 6.45) is 2.75. The molecule has 1 aromatic carbocycles. The molecule has 0 bridgehead atoms. The number of aryl methyl sites for hydroxylation is 2. The first-order chi connectivity index (χ1) is 8.67. The summed E-state index contributed by atoms with van der Waals surface area (Å²) in [5, 5.41) is 0.538. The molecule has 1 heterocycles. The lowest BCUT2D eigenvalue weighted by molar-refractivity contribution is 0.841. The number of hydrogen-bond donors (Lipinski definition) is 0. The van der Waals surface area contributed by atoms with Crippen molar-refractivity contribution in [2.24, 2.45) is 0 Å². The van der Waals surface area contributed by atoms with Crippen molar-refractivity contribution < 1.29 is 0 Å². The highest BCUT2D eigenvalue weighted by atomic mass is 35.5. The molecule has 0 aliphatic rings. The van der Waals surface area contributed by atoms with Crippen molar-refractivity contribution >= 4 is 11.6 Å². The summed E-state index contributed by atoms with van der Waals surface area (Å²) < 4.78 is 0. The summed E-state index contributed by atoms with van der Waals surface area (Å²) in [4.78, 5) is 8.83. The maximum Gasteiger partial charge on any atom is 0.134 e. The Hall–Kier alpha value is -1.41. The minimum absolute atomic E-state index is 0.538. The van der Waals surface area contributed by atoms with Crippen molar-refractivity contribution in [1.29, 1.82) is 0 Å². The van der Waals surface area contributed by atoms with Gasteiger partial charge in [0, 0.05) is 12.1 Å². The normalized spacial score (nSPS) is 10.6. The van der Waals surface area contributed by atoms with E-state index in [4.69, 9.17) is 11.6 Å². The van der Waals surface area contributed by atoms with E-state index in [1.807, 2.05) is 6.07 Å². The first kappa shape index (κ1) is 13.0. The van der Waals surface area contributed by atoms with Crippen LogP contribution in [0.4, 0.5) is 0 Å². The Kier molecular flexibility index (Phi) is 4.32. The third-order valence-electron chi connectivity index (χ3n) is 2.78. The fraction of sp³-hybridized carbons (Fsp3) is 0.333. The van der Waals surface area contributed by atoms with E-state index >= 15 is 0 Å². The SMILES string of the molecule is CCCc1cc(Cl)nc(Cc2ccc(C)cc2)n1. The smallest absolute Gasteiger partial charge is 0.134 e. The average Bonchev–Trinajstić information content (AvgIpc) is 2.32. The fourth-order valence-corrected chi connectivity index (χ4v) is 2.09. The van der Waals surface area contributed by atoms with Crippen LogP contribution in [0, 0.1) is 6.92 Å². The van der Waals surface area contributed by atoms with Crippen LogP contribution >= 0.6 is 11.6 Å². The van der Waals surface area contributed by atoms with E-state index in [1.165, 1.54) is 11.1 Å². The highest BCUT2D eigenvalue weighted by molar-refractivity contribution is 6.29. The number of benzene rings is 1. The van der Waals surface area contributed by atoms with Crippen LogP contribution in [-0.2, 0) is 12.8 Å². The number of halogens is 1. The van der Waals surface area contributed by atoms with Crippen LogP contribution in [0.25, 0.3) is 0 Å². The Morgan fingerprint density at radius 2 is 1.83 bits per heavy atom. The number of aromatic nitrogens is 2. The van der Waals surface area contributed by atoms with Crippen molar-refractivity contribution in [2.75, 3.05) is 0 Å². The first-order valence-corrected chi connectivity index (χ1v) is 6.63. The van der Waals surface area contributed by atoms with E-state index in [2.05, 4.69) is 48.1 Å². The lowest BCUT2D eigenvalue weighted by Gasteiger charge is -2.05. The van der Waals surface area contributed by atoms with E-state index in [-0.39, 0.29) is 0 Å². The van der Waals surface area contributed by atoms with Crippen molar-refractivity contribution in [1.82, 2.24) is 9.97 Å². The fourth-order valence-electron chi connectivity index (χ4n) is 1.87. The predicted octanol–water partition coefficient (Wildman–Crippen LogP) is 3.98. The minimum atomic E-state index is 0.538. The predicted molar refractivity (Wildman–Crippen MR) is 75.0 cm³/mol. The summed E-state index contributed by atoms with van der Waals surface area (Å²) in [5.74, 6) is 0.801. The van der Waals surface area contributed by atoms with Gasteiger partial charge in [-0.15, -0.1) is 0 Å². The van der Waals surface area contributed by atoms with Gasteiger partial charge in [0.05, 0.1) is 0 Å². The zero-order chi connectivity index (χ0) is 13.0. The van der Waals surface area contributed by atoms with Crippen molar-refractivity contribution in [3.63, 3.8) is 0 Å². The molecule has 0 N–H and O–H groups in total. The second-order valence-corrected chi connectivity index (χ2v) is 4.90. The van der Waals surface area contributed by atoms with E-state index in [0.717, 1.165) is 30.8 Å². The summed E-state index contributed by atoms with van der Waals surface area (Å²) in [6.45, 7) is 4.22. The highest BCUT2D eigenvalue weighted by Crippen LogP contribution is 2.13. The van der Waals surface area contributed by atoms with Crippen LogP contribution in [-0.4, -0.2) is 9.97 Å². The largest absolute Gasteiger partial charge is 0.237 e. The van der Waals surface area contributed by atoms with Crippen molar-refractivity contribution in [2.45, 2.75) is 33.1 Å². The van der Waals surface area contributed by atoms with Gasteiger partial charge >= 0.3 is 0 Å². The molecule has 0 unspecified atom stereocenters. The molecule has 0 amide bonds. The van der Waals surface area contributed by atoms with Crippen LogP contribution in [0.3, 0.4) is 0 Å². The van der Waals surface area contributed by atoms with Crippen LogP contribution in [0.5, 0.6) is 0 Å². The quantitative estimate of drug-likeness (QED) is 0.777. The van der Waals surface area contributed by atoms with E-state index < -0.39 is 0 Å². The third kappa shape index (κ3) is 3.54. The summed E-state index contributed by atoms with van der Waals surface area (Å²) >= 11 is 6.03. The minimum Gasteiger partial charge on any atom is -0.237 e. The summed E-state index contributed by atoms with van der Waals surface area (Å²) in [6, 6.07) is 10.3. The van der Waals surface area contributed by atoms with E-state index in [9.17, 15) is 0 Å². The van der Waals surface area contributed by atoms with E-state index in [1.54, 1.807) is 0 Å². The van der Waals surface area contributed by atoms with Crippen LogP contribution < -0.4 is 0 Å². The van der Waals surface area contributed by atoms with Crippen LogP contribution in [0.2, 0.25) is 5.15 Å². The molecule has 2 aromatic rings. The lowest BCUT2D eigenvalue weighted by atomic mass is 10.1. The molecule has 2 rings (SSSR count). The molecular formula is C15H17ClN2. The Morgan fingerprint density at radius 3 is 2.50 bits per heavy atom. The molecule has 2 nitrogen and oxygen atoms in total. The number of rotatable bonds is 4. The standard InChI is InChI=1S/C15H17ClN2/c1-3-4-13-10-14(16)18-15(17-13)9-12-7-5-11(2)6-8-12/h5-8,10H,3-4,9H2,1-2H3. The molecule has 0 saturated carbocycles. The Morgan fingerprint density at radius 1 is 1.11 bits per heavy atom. The molecule has 0 aliphatic carbocycles. The molecule has 0 spiro atoms. The zero-order valence-corrected chi connectivity index (χ0v) is 11.5. The van der Waals surface area contributed by atoms with E-state index in [0.29, 0.717) is 5.15 Å². The van der Waals surface area contributed by atoms with Crippen molar-refractivity contribution in [3.05, 3.63) is 58.1 Å². The van der Waals surface area contributed by atoms with Crippen LogP contribution in [0.1, 0.15) is 36.0 Å². The molecular weight excluding hydrogens is 244 g/mol. The topological polar surface area (TPSA) is 25.8 Å². The van der Waals surface area contributed by atoms with Crippen molar-refractivity contribution in [3.8, 4) is 0 Å². The average molecular weight is 261 g/mol. The van der Waals surface area contributed by atoms with Gasteiger partial charge in [-0.3, -0.25) is 0 Å². The van der Waals surface area contributed by atoms with Gasteiger partial charge in [0.1, 0.15) is 11.0 Å². The molecule has 1 aromatic heterocycles. The molecule has 3 heteroatoms. The Labute approximate surface area is 113 Å². The Balaban J connectivity index is 2.20. The zero-order valence-electron chi connectivity index (χ0n) is 10.8. The highest BCUT2D eigenvalue weighted by Gasteiger charge is 2.04. The molecule has 0 fully saturated rings. The van der Waals surface area contributed by atoms with Gasteiger partial charge in [-0.25, -0.2) is 9.97 Å². The van der Waals surface area contributed by atoms with Gasteiger partial charge in [-0.1, -0.05) is 54.8 Å². The Bertz CT molecular complexity index is 521. The van der Waals surface area contributed by atoms with Gasteiger partial charge in [-0.2, -0.15) is 0 Å². The molecule has 0 atom stereocenters. The summed E-state index contributed by atoms with van der Waals surface area (Å²) in [7, 11) is 0. The van der Waals surface area contributed by atoms with Gasteiger partial charge < -0.3 is 0 Å². The van der Waals surface area contributed by atoms with Gasteiger partial charge in [0.2, 0.25) is 0 Å².